The molecule has 1 aromatic carbocycles. The third-order valence-electron chi connectivity index (χ3n) is 4.87. The molecule has 136 valence electrons. The zero-order valence-electron chi connectivity index (χ0n) is 14.5. The van der Waals surface area contributed by atoms with Crippen molar-refractivity contribution in [1.29, 1.82) is 0 Å². The summed E-state index contributed by atoms with van der Waals surface area (Å²) < 4.78 is 27.0. The summed E-state index contributed by atoms with van der Waals surface area (Å²) in [6, 6.07) is 6.81. The number of carboxylic acids is 1. The van der Waals surface area contributed by atoms with Gasteiger partial charge in [0, 0.05) is 19.0 Å². The van der Waals surface area contributed by atoms with Gasteiger partial charge in [-0.1, -0.05) is 22.9 Å². The van der Waals surface area contributed by atoms with E-state index in [1.54, 1.807) is 24.3 Å². The largest absolute Gasteiger partial charge is 0.478 e. The molecule has 2 atom stereocenters. The molecule has 0 aromatic heterocycles. The molecule has 0 amide bonds. The van der Waals surface area contributed by atoms with Crippen LogP contribution in [0.25, 0.3) is 0 Å². The highest BCUT2D eigenvalue weighted by atomic mass is 32.2. The highest BCUT2D eigenvalue weighted by molar-refractivity contribution is 7.89. The zero-order chi connectivity index (χ0) is 18.4. The Labute approximate surface area is 147 Å². The third-order valence-corrected chi connectivity index (χ3v) is 6.72. The van der Waals surface area contributed by atoms with E-state index in [-0.39, 0.29) is 11.8 Å². The Balaban J connectivity index is 1.70. The Hall–Kier alpha value is -1.93. The summed E-state index contributed by atoms with van der Waals surface area (Å²) in [5.41, 5.74) is 0.346. The molecule has 7 nitrogen and oxygen atoms in total. The maximum atomic E-state index is 12.8. The zero-order valence-corrected chi connectivity index (χ0v) is 15.3. The van der Waals surface area contributed by atoms with Crippen LogP contribution in [-0.2, 0) is 19.7 Å². The van der Waals surface area contributed by atoms with E-state index < -0.39 is 21.6 Å². The van der Waals surface area contributed by atoms with Crippen LogP contribution < -0.4 is 0 Å². The van der Waals surface area contributed by atoms with E-state index in [2.05, 4.69) is 5.16 Å². The van der Waals surface area contributed by atoms with E-state index >= 15 is 0 Å². The molecular formula is C17H22N2O5S. The lowest BCUT2D eigenvalue weighted by Crippen LogP contribution is -2.38. The monoisotopic (exact) mass is 366 g/mol. The Bertz CT molecular complexity index is 814. The standard InChI is InChI=1S/C17H22N2O5S/c1-11-4-6-13(7-5-11)25(22,23)19-9-12-8-15(14(12)10-19)18-24-17(2,3)16(20)21/h4-7,12,14H,8-10H2,1-3H3,(H,20,21)/b18-15-/t12-,14+/m0/s1. The van der Waals surface area contributed by atoms with Gasteiger partial charge in [-0.05, 0) is 45.2 Å². The number of aliphatic carboxylic acids is 1. The van der Waals surface area contributed by atoms with Crippen LogP contribution in [0.5, 0.6) is 0 Å². The lowest BCUT2D eigenvalue weighted by molar-refractivity contribution is -0.161. The maximum absolute atomic E-state index is 12.8. The van der Waals surface area contributed by atoms with Gasteiger partial charge < -0.3 is 9.94 Å². The van der Waals surface area contributed by atoms with Crippen molar-refractivity contribution in [2.45, 2.75) is 37.7 Å². The van der Waals surface area contributed by atoms with E-state index in [0.717, 1.165) is 11.3 Å². The summed E-state index contributed by atoms with van der Waals surface area (Å²) in [5.74, 6) is -0.872. The van der Waals surface area contributed by atoms with E-state index in [1.165, 1.54) is 18.2 Å². The number of carboxylic acid groups (broad SMARTS) is 1. The van der Waals surface area contributed by atoms with Crippen LogP contribution in [-0.4, -0.2) is 48.2 Å². The van der Waals surface area contributed by atoms with Crippen molar-refractivity contribution in [2.75, 3.05) is 13.1 Å². The lowest BCUT2D eigenvalue weighted by atomic mass is 9.74. The van der Waals surface area contributed by atoms with Crippen LogP contribution in [0.15, 0.2) is 34.3 Å². The predicted octanol–water partition coefficient (Wildman–Crippen LogP) is 1.87. The maximum Gasteiger partial charge on any atom is 0.350 e. The predicted molar refractivity (Wildman–Crippen MR) is 91.8 cm³/mol. The quantitative estimate of drug-likeness (QED) is 0.803. The van der Waals surface area contributed by atoms with Gasteiger partial charge in [0.15, 0.2) is 0 Å². The molecule has 1 aliphatic carbocycles. The number of benzene rings is 1. The number of fused-ring (bicyclic) bond motifs is 1. The molecule has 1 aliphatic heterocycles. The second-order valence-electron chi connectivity index (χ2n) is 7.20. The molecule has 2 fully saturated rings. The number of hydrogen-bond acceptors (Lipinski definition) is 5. The molecule has 3 rings (SSSR count). The van der Waals surface area contributed by atoms with Crippen LogP contribution in [0, 0.1) is 18.8 Å². The van der Waals surface area contributed by atoms with E-state index in [4.69, 9.17) is 9.94 Å². The van der Waals surface area contributed by atoms with Gasteiger partial charge in [0.25, 0.3) is 0 Å². The molecule has 1 N–H and O–H groups in total. The molecule has 0 radical (unpaired) electrons. The Morgan fingerprint density at radius 3 is 2.52 bits per heavy atom. The third kappa shape index (κ3) is 3.28. The van der Waals surface area contributed by atoms with Gasteiger partial charge in [-0.15, -0.1) is 0 Å². The fourth-order valence-electron chi connectivity index (χ4n) is 3.05. The van der Waals surface area contributed by atoms with Crippen molar-refractivity contribution in [3.63, 3.8) is 0 Å². The number of hydrogen-bond donors (Lipinski definition) is 1. The van der Waals surface area contributed by atoms with E-state index in [0.29, 0.717) is 24.4 Å². The molecule has 1 aromatic rings. The Morgan fingerprint density at radius 2 is 1.92 bits per heavy atom. The summed E-state index contributed by atoms with van der Waals surface area (Å²) in [5, 5.41) is 13.0. The van der Waals surface area contributed by atoms with E-state index in [1.807, 2.05) is 6.92 Å². The molecule has 8 heteroatoms. The van der Waals surface area contributed by atoms with E-state index in [9.17, 15) is 13.2 Å². The minimum atomic E-state index is -3.52. The van der Waals surface area contributed by atoms with Crippen molar-refractivity contribution < 1.29 is 23.2 Å². The first-order valence-electron chi connectivity index (χ1n) is 8.16. The number of nitrogens with zero attached hydrogens (tertiary/aromatic N) is 2. The van der Waals surface area contributed by atoms with Crippen LogP contribution in [0.4, 0.5) is 0 Å². The average Bonchev–Trinajstić information content (AvgIpc) is 2.86. The molecule has 0 unspecified atom stereocenters. The number of sulfonamides is 1. The topological polar surface area (TPSA) is 96.3 Å². The second-order valence-corrected chi connectivity index (χ2v) is 9.13. The fraction of sp³-hybridized carbons (Fsp3) is 0.529. The van der Waals surface area contributed by atoms with Crippen molar-refractivity contribution in [1.82, 2.24) is 4.31 Å². The fourth-order valence-corrected chi connectivity index (χ4v) is 4.57. The highest BCUT2D eigenvalue weighted by Crippen LogP contribution is 2.41. The number of carbonyl (C=O) groups is 1. The van der Waals surface area contributed by atoms with Crippen molar-refractivity contribution in [3.8, 4) is 0 Å². The van der Waals surface area contributed by atoms with Gasteiger partial charge in [-0.25, -0.2) is 13.2 Å². The summed E-state index contributed by atoms with van der Waals surface area (Å²) in [6.45, 7) is 5.59. The Kier molecular flexibility index (Phi) is 4.36. The molecule has 0 bridgehead atoms. The Morgan fingerprint density at radius 1 is 1.28 bits per heavy atom. The summed E-state index contributed by atoms with van der Waals surface area (Å²) in [4.78, 5) is 16.5. The summed E-state index contributed by atoms with van der Waals surface area (Å²) in [7, 11) is -3.52. The first-order valence-corrected chi connectivity index (χ1v) is 9.60. The SMILES string of the molecule is Cc1ccc(S(=O)(=O)N2C[C@@H]3C/C(=N/OC(C)(C)C(=O)O)[C@@H]3C2)cc1. The average molecular weight is 366 g/mol. The van der Waals surface area contributed by atoms with Crippen molar-refractivity contribution in [3.05, 3.63) is 29.8 Å². The molecule has 1 heterocycles. The van der Waals surface area contributed by atoms with Gasteiger partial charge in [-0.3, -0.25) is 0 Å². The highest BCUT2D eigenvalue weighted by Gasteiger charge is 2.49. The van der Waals surface area contributed by atoms with Gasteiger partial charge in [0.2, 0.25) is 15.6 Å². The number of rotatable bonds is 5. The molecule has 1 saturated carbocycles. The minimum absolute atomic E-state index is 0.00446. The molecule has 1 saturated heterocycles. The first-order chi connectivity index (χ1) is 11.6. The molecule has 2 aliphatic rings. The van der Waals surface area contributed by atoms with Gasteiger partial charge in [-0.2, -0.15) is 4.31 Å². The van der Waals surface area contributed by atoms with Crippen LogP contribution in [0.2, 0.25) is 0 Å². The molecule has 0 spiro atoms. The normalized spacial score (nSPS) is 25.5. The first kappa shape index (κ1) is 17.9. The second kappa shape index (κ2) is 6.10. The minimum Gasteiger partial charge on any atom is -0.478 e. The van der Waals surface area contributed by atoms with Crippen molar-refractivity contribution >= 4 is 21.7 Å². The van der Waals surface area contributed by atoms with Gasteiger partial charge in [0.05, 0.1) is 10.6 Å². The summed E-state index contributed by atoms with van der Waals surface area (Å²) in [6.07, 6.45) is 0.639. The summed E-state index contributed by atoms with van der Waals surface area (Å²) >= 11 is 0. The number of aryl methyl sites for hydroxylation is 1. The number of oxime groups is 1. The lowest BCUT2D eigenvalue weighted by Gasteiger charge is -2.31. The smallest absolute Gasteiger partial charge is 0.350 e. The van der Waals surface area contributed by atoms with Gasteiger partial charge >= 0.3 is 5.97 Å². The van der Waals surface area contributed by atoms with Crippen LogP contribution >= 0.6 is 0 Å². The van der Waals surface area contributed by atoms with Crippen molar-refractivity contribution in [2.24, 2.45) is 17.0 Å². The molecule has 25 heavy (non-hydrogen) atoms. The van der Waals surface area contributed by atoms with Gasteiger partial charge in [0.1, 0.15) is 0 Å². The van der Waals surface area contributed by atoms with Crippen LogP contribution in [0.1, 0.15) is 25.8 Å². The van der Waals surface area contributed by atoms with Crippen LogP contribution in [0.3, 0.4) is 0 Å². The molecular weight excluding hydrogens is 344 g/mol.